The molecule has 0 fully saturated rings. The number of nitrogens with zero attached hydrogens (tertiary/aromatic N) is 2. The molecule has 1 aliphatic rings. The van der Waals surface area contributed by atoms with Crippen LogP contribution in [0.5, 0.6) is 0 Å². The molecule has 0 aromatic heterocycles. The molecule has 1 rings (SSSR count). The van der Waals surface area contributed by atoms with Crippen LogP contribution in [0.1, 0.15) is 20.3 Å². The van der Waals surface area contributed by atoms with Crippen LogP contribution in [-0.2, 0) is 4.79 Å². The van der Waals surface area contributed by atoms with Crippen LogP contribution >= 0.6 is 0 Å². The van der Waals surface area contributed by atoms with Crippen LogP contribution < -0.4 is 5.32 Å². The number of ketones is 1. The lowest BCUT2D eigenvalue weighted by atomic mass is 10.2. The highest BCUT2D eigenvalue weighted by atomic mass is 16.3. The number of Topliss-reactive ketones (excluding diaryl/α,β-unsaturated/α-hetero) is 1. The Morgan fingerprint density at radius 1 is 1.69 bits per heavy atom. The highest BCUT2D eigenvalue weighted by Crippen LogP contribution is 2.16. The summed E-state index contributed by atoms with van der Waals surface area (Å²) in [5.74, 6) is -0.00383. The third-order valence-corrected chi connectivity index (χ3v) is 2.82. The van der Waals surface area contributed by atoms with E-state index in [-0.39, 0.29) is 12.5 Å². The van der Waals surface area contributed by atoms with Crippen LogP contribution in [0, 0.1) is 0 Å². The fourth-order valence-corrected chi connectivity index (χ4v) is 1.82. The molecule has 92 valence electrons. The Morgan fingerprint density at radius 2 is 2.38 bits per heavy atom. The number of nitrogens with one attached hydrogen (secondary N) is 1. The molecule has 0 saturated heterocycles. The maximum Gasteiger partial charge on any atom is 0.176 e. The van der Waals surface area contributed by atoms with Crippen LogP contribution in [0.25, 0.3) is 0 Å². The maximum absolute atomic E-state index is 11.4. The van der Waals surface area contributed by atoms with E-state index in [1.54, 1.807) is 5.01 Å². The summed E-state index contributed by atoms with van der Waals surface area (Å²) in [4.78, 5) is 11.4. The molecule has 1 heterocycles. The van der Waals surface area contributed by atoms with Crippen molar-refractivity contribution in [1.29, 1.82) is 0 Å². The molecule has 16 heavy (non-hydrogen) atoms. The zero-order chi connectivity index (χ0) is 12.1. The molecule has 1 unspecified atom stereocenters. The first kappa shape index (κ1) is 13.2. The van der Waals surface area contributed by atoms with Gasteiger partial charge < -0.3 is 10.4 Å². The highest BCUT2D eigenvalue weighted by Gasteiger charge is 2.24. The molecule has 5 nitrogen and oxygen atoms in total. The largest absolute Gasteiger partial charge is 0.375 e. The van der Waals surface area contributed by atoms with E-state index in [4.69, 9.17) is 0 Å². The summed E-state index contributed by atoms with van der Waals surface area (Å²) in [6.07, 6.45) is 2.74. The van der Waals surface area contributed by atoms with Gasteiger partial charge in [0.2, 0.25) is 0 Å². The lowest BCUT2D eigenvalue weighted by molar-refractivity contribution is -0.123. The number of rotatable bonds is 5. The monoisotopic (exact) mass is 227 g/mol. The SMILES string of the molecule is CNC(C)CN1CCC=C(C(C)=O)N1CO. The molecule has 0 spiro atoms. The van der Waals surface area contributed by atoms with E-state index in [0.29, 0.717) is 11.7 Å². The number of hydrazine groups is 1. The van der Waals surface area contributed by atoms with E-state index < -0.39 is 0 Å². The normalized spacial score (nSPS) is 19.5. The van der Waals surface area contributed by atoms with Crippen molar-refractivity contribution < 1.29 is 9.90 Å². The van der Waals surface area contributed by atoms with E-state index in [0.717, 1.165) is 19.5 Å². The van der Waals surface area contributed by atoms with E-state index in [1.807, 2.05) is 18.1 Å². The van der Waals surface area contributed by atoms with Gasteiger partial charge in [0.15, 0.2) is 5.78 Å². The van der Waals surface area contributed by atoms with Gasteiger partial charge in [0.05, 0.1) is 5.70 Å². The zero-order valence-corrected chi connectivity index (χ0v) is 10.2. The summed E-state index contributed by atoms with van der Waals surface area (Å²) >= 11 is 0. The average Bonchev–Trinajstić information content (AvgIpc) is 2.28. The fourth-order valence-electron chi connectivity index (χ4n) is 1.82. The van der Waals surface area contributed by atoms with Gasteiger partial charge in [0.25, 0.3) is 0 Å². The van der Waals surface area contributed by atoms with E-state index in [9.17, 15) is 9.90 Å². The predicted molar refractivity (Wildman–Crippen MR) is 62.4 cm³/mol. The first-order valence-electron chi connectivity index (χ1n) is 5.61. The quantitative estimate of drug-likeness (QED) is 0.689. The second kappa shape index (κ2) is 5.98. The van der Waals surface area contributed by atoms with Crippen LogP contribution in [0.2, 0.25) is 0 Å². The first-order valence-corrected chi connectivity index (χ1v) is 5.61. The second-order valence-corrected chi connectivity index (χ2v) is 4.08. The molecule has 0 bridgehead atoms. The predicted octanol–water partition coefficient (Wildman–Crippen LogP) is -0.0603. The minimum absolute atomic E-state index is 0.00383. The van der Waals surface area contributed by atoms with Gasteiger partial charge in [-0.1, -0.05) is 6.08 Å². The minimum Gasteiger partial charge on any atom is -0.375 e. The molecule has 5 heteroatoms. The van der Waals surface area contributed by atoms with Crippen molar-refractivity contribution >= 4 is 5.78 Å². The molecular formula is C11H21N3O2. The topological polar surface area (TPSA) is 55.8 Å². The van der Waals surface area contributed by atoms with Crippen molar-refractivity contribution in [3.63, 3.8) is 0 Å². The van der Waals surface area contributed by atoms with Gasteiger partial charge in [-0.3, -0.25) is 9.80 Å². The Morgan fingerprint density at radius 3 is 2.88 bits per heavy atom. The molecule has 2 N–H and O–H groups in total. The van der Waals surface area contributed by atoms with Gasteiger partial charge in [-0.25, -0.2) is 5.01 Å². The number of carbonyl (C=O) groups excluding carboxylic acids is 1. The average molecular weight is 227 g/mol. The third kappa shape index (κ3) is 3.04. The molecule has 0 radical (unpaired) electrons. The van der Waals surface area contributed by atoms with Crippen LogP contribution in [0.15, 0.2) is 11.8 Å². The Hall–Kier alpha value is -0.910. The first-order chi connectivity index (χ1) is 7.60. The Bertz CT molecular complexity index is 278. The van der Waals surface area contributed by atoms with Gasteiger partial charge in [-0.15, -0.1) is 0 Å². The molecule has 1 atom stereocenters. The molecule has 0 aromatic rings. The van der Waals surface area contributed by atoms with Crippen molar-refractivity contribution in [2.24, 2.45) is 0 Å². The Labute approximate surface area is 96.7 Å². The lowest BCUT2D eigenvalue weighted by Crippen LogP contribution is -2.51. The maximum atomic E-state index is 11.4. The van der Waals surface area contributed by atoms with Crippen LogP contribution in [0.3, 0.4) is 0 Å². The summed E-state index contributed by atoms with van der Waals surface area (Å²) in [6.45, 7) is 5.06. The summed E-state index contributed by atoms with van der Waals surface area (Å²) in [5.41, 5.74) is 0.594. The van der Waals surface area contributed by atoms with Crippen molar-refractivity contribution in [2.75, 3.05) is 26.9 Å². The number of aliphatic hydroxyl groups is 1. The summed E-state index contributed by atoms with van der Waals surface area (Å²) in [6, 6.07) is 0.320. The number of carbonyl (C=O) groups is 1. The van der Waals surface area contributed by atoms with E-state index in [1.165, 1.54) is 6.92 Å². The number of hydrogen-bond acceptors (Lipinski definition) is 5. The van der Waals surface area contributed by atoms with Crippen molar-refractivity contribution in [3.05, 3.63) is 11.8 Å². The van der Waals surface area contributed by atoms with Crippen LogP contribution in [-0.4, -0.2) is 53.8 Å². The fraction of sp³-hybridized carbons (Fsp3) is 0.727. The van der Waals surface area contributed by atoms with E-state index >= 15 is 0 Å². The van der Waals surface area contributed by atoms with E-state index in [2.05, 4.69) is 12.2 Å². The number of likely N-dealkylation sites (N-methyl/N-ethyl adjacent to an activating group) is 1. The van der Waals surface area contributed by atoms with Gasteiger partial charge in [-0.2, -0.15) is 0 Å². The lowest BCUT2D eigenvalue weighted by Gasteiger charge is -2.39. The number of hydrogen-bond donors (Lipinski definition) is 2. The van der Waals surface area contributed by atoms with Gasteiger partial charge in [0.1, 0.15) is 6.73 Å². The summed E-state index contributed by atoms with van der Waals surface area (Å²) in [7, 11) is 1.90. The van der Waals surface area contributed by atoms with Crippen molar-refractivity contribution in [2.45, 2.75) is 26.3 Å². The Balaban J connectivity index is 2.73. The van der Waals surface area contributed by atoms with Crippen molar-refractivity contribution in [3.8, 4) is 0 Å². The van der Waals surface area contributed by atoms with Crippen molar-refractivity contribution in [1.82, 2.24) is 15.3 Å². The molecule has 0 aliphatic carbocycles. The third-order valence-electron chi connectivity index (χ3n) is 2.82. The molecule has 0 saturated carbocycles. The smallest absolute Gasteiger partial charge is 0.176 e. The molecule has 0 amide bonds. The highest BCUT2D eigenvalue weighted by molar-refractivity contribution is 5.92. The molecule has 1 aliphatic heterocycles. The standard InChI is InChI=1S/C11H21N3O2/c1-9(12-3)7-13-6-4-5-11(10(2)16)14(13)8-15/h5,9,12,15H,4,6-8H2,1-3H3. The summed E-state index contributed by atoms with van der Waals surface area (Å²) in [5, 5.41) is 16.1. The number of allylic oxidation sites excluding steroid dienone is 1. The summed E-state index contributed by atoms with van der Waals surface area (Å²) < 4.78 is 0. The zero-order valence-electron chi connectivity index (χ0n) is 10.2. The van der Waals surface area contributed by atoms with Gasteiger partial charge in [0, 0.05) is 26.1 Å². The number of aliphatic hydroxyl groups excluding tert-OH is 1. The van der Waals surface area contributed by atoms with Gasteiger partial charge >= 0.3 is 0 Å². The van der Waals surface area contributed by atoms with Crippen LogP contribution in [0.4, 0.5) is 0 Å². The molecule has 0 aromatic carbocycles. The second-order valence-electron chi connectivity index (χ2n) is 4.08. The minimum atomic E-state index is -0.151. The van der Waals surface area contributed by atoms with Gasteiger partial charge in [-0.05, 0) is 20.4 Å². The molecular weight excluding hydrogens is 206 g/mol. The Kier molecular flexibility index (Phi) is 4.92.